The van der Waals surface area contributed by atoms with Gasteiger partial charge in [-0.25, -0.2) is 8.42 Å². The number of rotatable bonds is 8. The van der Waals surface area contributed by atoms with Crippen LogP contribution >= 0.6 is 15.9 Å². The number of benzene rings is 2. The summed E-state index contributed by atoms with van der Waals surface area (Å²) in [6.07, 6.45) is 0. The van der Waals surface area contributed by atoms with Crippen molar-refractivity contribution in [3.63, 3.8) is 0 Å². The third-order valence-electron chi connectivity index (χ3n) is 4.58. The van der Waals surface area contributed by atoms with Crippen molar-refractivity contribution < 1.29 is 17.9 Å². The van der Waals surface area contributed by atoms with Crippen molar-refractivity contribution in [1.82, 2.24) is 9.21 Å². The average Bonchev–Trinajstić information content (AvgIpc) is 2.68. The van der Waals surface area contributed by atoms with E-state index in [9.17, 15) is 13.2 Å². The van der Waals surface area contributed by atoms with E-state index in [-0.39, 0.29) is 23.4 Å². The second-order valence-electron chi connectivity index (χ2n) is 6.35. The third-order valence-corrected chi connectivity index (χ3v) is 6.93. The zero-order valence-corrected chi connectivity index (χ0v) is 18.8. The second-order valence-corrected chi connectivity index (χ2v) is 9.31. The Morgan fingerprint density at radius 2 is 1.82 bits per heavy atom. The number of hydrogen-bond acceptors (Lipinski definition) is 4. The van der Waals surface area contributed by atoms with Gasteiger partial charge in [-0.3, -0.25) is 4.79 Å². The Morgan fingerprint density at radius 1 is 1.18 bits per heavy atom. The summed E-state index contributed by atoms with van der Waals surface area (Å²) in [6.45, 7) is 4.01. The van der Waals surface area contributed by atoms with E-state index >= 15 is 0 Å². The summed E-state index contributed by atoms with van der Waals surface area (Å²) in [6, 6.07) is 13.6. The number of carbonyl (C=O) groups excluding carboxylic acids is 1. The van der Waals surface area contributed by atoms with E-state index in [1.807, 2.05) is 38.1 Å². The van der Waals surface area contributed by atoms with Crippen LogP contribution in [-0.4, -0.2) is 50.8 Å². The van der Waals surface area contributed by atoms with Gasteiger partial charge in [-0.2, -0.15) is 4.31 Å². The zero-order chi connectivity index (χ0) is 20.9. The van der Waals surface area contributed by atoms with Crippen LogP contribution in [0.15, 0.2) is 57.9 Å². The Hall–Kier alpha value is -1.90. The molecule has 0 saturated carbocycles. The maximum absolute atomic E-state index is 12.9. The molecular formula is C20H25BrN2O4S. The number of carbonyl (C=O) groups is 1. The molecule has 2 rings (SSSR count). The summed E-state index contributed by atoms with van der Waals surface area (Å²) in [5.74, 6) is 0.448. The first-order chi connectivity index (χ1) is 13.2. The maximum atomic E-state index is 12.9. The number of likely N-dealkylation sites (N-methyl/N-ethyl adjacent to an activating group) is 2. The molecule has 0 aliphatic carbocycles. The predicted octanol–water partition coefficient (Wildman–Crippen LogP) is 3.69. The van der Waals surface area contributed by atoms with Crippen LogP contribution in [0.3, 0.4) is 0 Å². The lowest BCUT2D eigenvalue weighted by atomic mass is 10.1. The van der Waals surface area contributed by atoms with E-state index < -0.39 is 10.0 Å². The van der Waals surface area contributed by atoms with Crippen LogP contribution in [0.5, 0.6) is 5.75 Å². The minimum Gasteiger partial charge on any atom is -0.497 e. The number of hydrogen-bond donors (Lipinski definition) is 0. The molecular weight excluding hydrogens is 444 g/mol. The number of sulfonamides is 1. The molecule has 0 aliphatic heterocycles. The van der Waals surface area contributed by atoms with Crippen molar-refractivity contribution in [3.05, 3.63) is 58.6 Å². The molecule has 28 heavy (non-hydrogen) atoms. The van der Waals surface area contributed by atoms with Crippen LogP contribution in [0.1, 0.15) is 25.5 Å². The lowest BCUT2D eigenvalue weighted by molar-refractivity contribution is -0.133. The Bertz CT molecular complexity index is 916. The van der Waals surface area contributed by atoms with E-state index in [2.05, 4.69) is 15.9 Å². The predicted molar refractivity (Wildman–Crippen MR) is 113 cm³/mol. The minimum absolute atomic E-state index is 0.148. The molecule has 0 spiro atoms. The summed E-state index contributed by atoms with van der Waals surface area (Å²) in [5, 5.41) is 0. The van der Waals surface area contributed by atoms with Gasteiger partial charge in [0.15, 0.2) is 0 Å². The summed E-state index contributed by atoms with van der Waals surface area (Å²) in [4.78, 5) is 14.7. The molecule has 2 aromatic rings. The van der Waals surface area contributed by atoms with Gasteiger partial charge in [0, 0.05) is 18.1 Å². The second kappa shape index (κ2) is 9.54. The first kappa shape index (κ1) is 22.4. The van der Waals surface area contributed by atoms with Gasteiger partial charge >= 0.3 is 0 Å². The molecule has 152 valence electrons. The normalized spacial score (nSPS) is 12.6. The standard InChI is InChI=1S/C20H25BrN2O4S/c1-5-23(15(2)16-7-6-8-18(13-16)27-4)20(24)14-22(3)28(25,26)19-11-9-17(21)10-12-19/h6-13,15H,5,14H2,1-4H3. The number of ether oxygens (including phenoxy) is 1. The van der Waals surface area contributed by atoms with E-state index in [1.54, 1.807) is 24.1 Å². The number of amides is 1. The van der Waals surface area contributed by atoms with Gasteiger partial charge in [-0.05, 0) is 55.8 Å². The molecule has 0 heterocycles. The SMILES string of the molecule is CCN(C(=O)CN(C)S(=O)(=O)c1ccc(Br)cc1)C(C)c1cccc(OC)c1. The quantitative estimate of drug-likeness (QED) is 0.592. The summed E-state index contributed by atoms with van der Waals surface area (Å²) >= 11 is 3.29. The molecule has 0 N–H and O–H groups in total. The van der Waals surface area contributed by atoms with Gasteiger partial charge in [0.2, 0.25) is 15.9 Å². The number of halogens is 1. The monoisotopic (exact) mass is 468 g/mol. The molecule has 1 atom stereocenters. The highest BCUT2D eigenvalue weighted by atomic mass is 79.9. The van der Waals surface area contributed by atoms with Gasteiger partial charge in [-0.1, -0.05) is 28.1 Å². The van der Waals surface area contributed by atoms with Crippen LogP contribution in [0.2, 0.25) is 0 Å². The Balaban J connectivity index is 2.17. The van der Waals surface area contributed by atoms with Gasteiger partial charge < -0.3 is 9.64 Å². The first-order valence-electron chi connectivity index (χ1n) is 8.86. The maximum Gasteiger partial charge on any atom is 0.243 e. The Morgan fingerprint density at radius 3 is 2.39 bits per heavy atom. The Labute approximate surface area is 175 Å². The largest absolute Gasteiger partial charge is 0.497 e. The summed E-state index contributed by atoms with van der Waals surface area (Å²) in [5.41, 5.74) is 0.924. The van der Waals surface area contributed by atoms with E-state index in [1.165, 1.54) is 19.2 Å². The smallest absolute Gasteiger partial charge is 0.243 e. The first-order valence-corrected chi connectivity index (χ1v) is 11.1. The van der Waals surface area contributed by atoms with Crippen LogP contribution < -0.4 is 4.74 Å². The van der Waals surface area contributed by atoms with Crippen molar-refractivity contribution in [2.75, 3.05) is 27.2 Å². The molecule has 0 aromatic heterocycles. The number of methoxy groups -OCH3 is 1. The third kappa shape index (κ3) is 5.12. The van der Waals surface area contributed by atoms with E-state index in [4.69, 9.17) is 4.74 Å². The molecule has 1 unspecified atom stereocenters. The molecule has 1 amide bonds. The van der Waals surface area contributed by atoms with Crippen molar-refractivity contribution in [1.29, 1.82) is 0 Å². The van der Waals surface area contributed by atoms with E-state index in [0.29, 0.717) is 12.3 Å². The minimum atomic E-state index is -3.75. The lowest BCUT2D eigenvalue weighted by Crippen LogP contribution is -2.42. The molecule has 0 radical (unpaired) electrons. The van der Waals surface area contributed by atoms with Gasteiger partial charge in [0.1, 0.15) is 5.75 Å². The molecule has 0 bridgehead atoms. The highest BCUT2D eigenvalue weighted by Crippen LogP contribution is 2.24. The van der Waals surface area contributed by atoms with Crippen molar-refractivity contribution in [2.24, 2.45) is 0 Å². The van der Waals surface area contributed by atoms with Gasteiger partial charge in [0.05, 0.1) is 24.6 Å². The van der Waals surface area contributed by atoms with Crippen molar-refractivity contribution >= 4 is 31.9 Å². The molecule has 0 saturated heterocycles. The number of nitrogens with zero attached hydrogens (tertiary/aromatic N) is 2. The Kier molecular flexibility index (Phi) is 7.63. The lowest BCUT2D eigenvalue weighted by Gasteiger charge is -2.30. The topological polar surface area (TPSA) is 66.9 Å². The highest BCUT2D eigenvalue weighted by molar-refractivity contribution is 9.10. The average molecular weight is 469 g/mol. The van der Waals surface area contributed by atoms with Crippen LogP contribution in [-0.2, 0) is 14.8 Å². The highest BCUT2D eigenvalue weighted by Gasteiger charge is 2.27. The molecule has 6 nitrogen and oxygen atoms in total. The molecule has 8 heteroatoms. The fourth-order valence-corrected chi connectivity index (χ4v) is 4.28. The fourth-order valence-electron chi connectivity index (χ4n) is 2.90. The van der Waals surface area contributed by atoms with Crippen molar-refractivity contribution in [2.45, 2.75) is 24.8 Å². The summed E-state index contributed by atoms with van der Waals surface area (Å²) in [7, 11) is -0.741. The zero-order valence-electron chi connectivity index (χ0n) is 16.4. The van der Waals surface area contributed by atoms with Crippen molar-refractivity contribution in [3.8, 4) is 5.75 Å². The van der Waals surface area contributed by atoms with E-state index in [0.717, 1.165) is 14.3 Å². The van der Waals surface area contributed by atoms with Crippen LogP contribution in [0.4, 0.5) is 0 Å². The van der Waals surface area contributed by atoms with Gasteiger partial charge in [-0.15, -0.1) is 0 Å². The summed E-state index contributed by atoms with van der Waals surface area (Å²) < 4.78 is 32.6. The fraction of sp³-hybridized carbons (Fsp3) is 0.350. The van der Waals surface area contributed by atoms with Crippen LogP contribution in [0, 0.1) is 0 Å². The molecule has 2 aromatic carbocycles. The van der Waals surface area contributed by atoms with Gasteiger partial charge in [0.25, 0.3) is 0 Å². The molecule has 0 aliphatic rings. The molecule has 0 fully saturated rings. The van der Waals surface area contributed by atoms with Crippen LogP contribution in [0.25, 0.3) is 0 Å².